The minimum Gasteiger partial charge on any atom is -0.429 e. The van der Waals surface area contributed by atoms with E-state index < -0.39 is 43.8 Å². The molecule has 9 heteroatoms. The molecule has 0 spiro atoms. The summed E-state index contributed by atoms with van der Waals surface area (Å²) in [4.78, 5) is 0. The first-order valence-electron chi connectivity index (χ1n) is 16.6. The predicted molar refractivity (Wildman–Crippen MR) is 213 cm³/mol. The number of hydrogen-bond acceptors (Lipinski definition) is 4. The highest BCUT2D eigenvalue weighted by molar-refractivity contribution is 7.03. The molecule has 6 aromatic rings. The van der Waals surface area contributed by atoms with Crippen molar-refractivity contribution in [2.75, 3.05) is 0 Å². The van der Waals surface area contributed by atoms with Crippen molar-refractivity contribution in [3.8, 4) is 0 Å². The summed E-state index contributed by atoms with van der Waals surface area (Å²) >= 11 is 0. The third-order valence-electron chi connectivity index (χ3n) is 7.93. The van der Waals surface area contributed by atoms with E-state index >= 15 is 0 Å². The van der Waals surface area contributed by atoms with Gasteiger partial charge < -0.3 is 16.5 Å². The lowest BCUT2D eigenvalue weighted by molar-refractivity contribution is 0.318. The van der Waals surface area contributed by atoms with E-state index in [-0.39, 0.29) is 0 Å². The largest absolute Gasteiger partial charge is 0.429 e. The second-order valence-electron chi connectivity index (χ2n) is 12.7. The van der Waals surface area contributed by atoms with E-state index in [9.17, 15) is 0 Å². The average Bonchev–Trinajstić information content (AvgIpc) is 3.14. The maximum Gasteiger partial charge on any atom is 0.389 e. The highest BCUT2D eigenvalue weighted by atomic mass is 28.5. The Morgan fingerprint density at radius 2 is 0.551 bits per heavy atom. The Hall–Kier alpha value is -3.76. The van der Waals surface area contributed by atoms with Crippen LogP contribution in [0, 0.1) is 0 Å². The van der Waals surface area contributed by atoms with Gasteiger partial charge in [-0.3, -0.25) is 0 Å². The summed E-state index contributed by atoms with van der Waals surface area (Å²) in [6.07, 6.45) is 0. The maximum atomic E-state index is 7.62. The van der Waals surface area contributed by atoms with Crippen LogP contribution in [-0.4, -0.2) is 43.8 Å². The molecular weight excluding hydrogens is 685 g/mol. The van der Waals surface area contributed by atoms with Crippen LogP contribution in [0.3, 0.4) is 0 Å². The Morgan fingerprint density at radius 1 is 0.327 bits per heavy atom. The van der Waals surface area contributed by atoms with E-state index in [1.165, 1.54) is 20.7 Å². The molecule has 0 aliphatic heterocycles. The topological polar surface area (TPSA) is 36.9 Å². The van der Waals surface area contributed by atoms with Gasteiger partial charge in [-0.25, -0.2) is 0 Å². The third-order valence-corrected chi connectivity index (χ3v) is 25.3. The van der Waals surface area contributed by atoms with Crippen LogP contribution in [0.1, 0.15) is 0 Å². The molecule has 49 heavy (non-hydrogen) atoms. The molecule has 0 bridgehead atoms. The monoisotopic (exact) mass is 726 g/mol. The first kappa shape index (κ1) is 35.1. The molecule has 6 aromatic carbocycles. The van der Waals surface area contributed by atoms with E-state index in [0.717, 1.165) is 10.4 Å². The highest BCUT2D eigenvalue weighted by Crippen LogP contribution is 2.24. The van der Waals surface area contributed by atoms with Crippen LogP contribution in [0.5, 0.6) is 0 Å². The fourth-order valence-electron chi connectivity index (χ4n) is 5.89. The van der Waals surface area contributed by atoms with E-state index in [1.807, 2.05) is 12.1 Å². The summed E-state index contributed by atoms with van der Waals surface area (Å²) in [5.74, 6) is 0. The Bertz CT molecular complexity index is 1650. The Kier molecular flexibility index (Phi) is 11.4. The highest BCUT2D eigenvalue weighted by Gasteiger charge is 2.53. The first-order valence-corrected chi connectivity index (χ1v) is 26.9. The summed E-state index contributed by atoms with van der Waals surface area (Å²) < 4.78 is 29.8. The van der Waals surface area contributed by atoms with Gasteiger partial charge in [-0.2, -0.15) is 0 Å². The van der Waals surface area contributed by atoms with Crippen molar-refractivity contribution in [1.82, 2.24) is 0 Å². The molecule has 0 aliphatic carbocycles. The molecule has 0 atom stereocenters. The molecular formula is C40H42O4Si5. The lowest BCUT2D eigenvalue weighted by atomic mass is 10.4. The van der Waals surface area contributed by atoms with Gasteiger partial charge in [0, 0.05) is 0 Å². The normalized spacial score (nSPS) is 12.4. The quantitative estimate of drug-likeness (QED) is 0.143. The van der Waals surface area contributed by atoms with Crippen LogP contribution in [0.2, 0.25) is 26.2 Å². The van der Waals surface area contributed by atoms with Crippen molar-refractivity contribution in [2.45, 2.75) is 26.2 Å². The van der Waals surface area contributed by atoms with Gasteiger partial charge in [0.05, 0.1) is 0 Å². The van der Waals surface area contributed by atoms with E-state index in [4.69, 9.17) is 16.5 Å². The minimum atomic E-state index is -3.45. The summed E-state index contributed by atoms with van der Waals surface area (Å²) in [6.45, 7) is 8.66. The number of benzene rings is 6. The molecule has 4 nitrogen and oxygen atoms in total. The van der Waals surface area contributed by atoms with Gasteiger partial charge in [0.25, 0.3) is 18.1 Å². The van der Waals surface area contributed by atoms with Crippen molar-refractivity contribution >= 4 is 74.9 Å². The number of rotatable bonds is 14. The molecule has 2 radical (unpaired) electrons. The van der Waals surface area contributed by atoms with E-state index in [1.54, 1.807) is 0 Å². The van der Waals surface area contributed by atoms with Crippen molar-refractivity contribution < 1.29 is 16.5 Å². The first-order chi connectivity index (χ1) is 23.7. The zero-order chi connectivity index (χ0) is 34.2. The average molecular weight is 727 g/mol. The van der Waals surface area contributed by atoms with Crippen molar-refractivity contribution in [1.29, 1.82) is 0 Å². The second kappa shape index (κ2) is 15.9. The Labute approximate surface area is 298 Å². The summed E-state index contributed by atoms with van der Waals surface area (Å²) in [5.41, 5.74) is 0. The smallest absolute Gasteiger partial charge is 0.389 e. The summed E-state index contributed by atoms with van der Waals surface area (Å²) in [7, 11) is -12.6. The SMILES string of the molecule is C[Si](C)(O[Si](c1ccccc1)c1ccccc1)O[Si](O[Si](C)(C)O[Si](c1ccccc1)c1ccccc1)(c1ccccc1)c1ccccc1. The standard InChI is InChI=1S/C40H42O4Si5/c1-47(2,41-45(35-23-11-5-12-24-35)36-25-13-6-14-26-36)43-49(39-31-19-9-20-32-39,40-33-21-10-22-34-40)44-48(3,4)42-46(37-27-15-7-16-28-37)38-29-17-8-18-30-38/h5-34H,1-4H3. The lowest BCUT2D eigenvalue weighted by Crippen LogP contribution is -2.72. The van der Waals surface area contributed by atoms with Crippen LogP contribution in [0.15, 0.2) is 182 Å². The fourth-order valence-corrected chi connectivity index (χ4v) is 25.0. The third kappa shape index (κ3) is 8.89. The number of hydrogen-bond donors (Lipinski definition) is 0. The maximum absolute atomic E-state index is 7.62. The van der Waals surface area contributed by atoms with Gasteiger partial charge in [-0.05, 0) is 57.3 Å². The van der Waals surface area contributed by atoms with Gasteiger partial charge in [0.2, 0.25) is 0 Å². The van der Waals surface area contributed by atoms with Crippen LogP contribution in [-0.2, 0) is 16.5 Å². The molecule has 0 heterocycles. The van der Waals surface area contributed by atoms with Gasteiger partial charge >= 0.3 is 25.7 Å². The van der Waals surface area contributed by atoms with E-state index in [2.05, 4.69) is 196 Å². The summed E-state index contributed by atoms with van der Waals surface area (Å²) in [6, 6.07) is 63.2. The van der Waals surface area contributed by atoms with Crippen LogP contribution < -0.4 is 31.1 Å². The molecule has 246 valence electrons. The second-order valence-corrected chi connectivity index (χ2v) is 27.6. The summed E-state index contributed by atoms with van der Waals surface area (Å²) in [5, 5.41) is 6.82. The van der Waals surface area contributed by atoms with Gasteiger partial charge in [-0.1, -0.05) is 182 Å². The lowest BCUT2D eigenvalue weighted by Gasteiger charge is -2.43. The molecule has 0 N–H and O–H groups in total. The van der Waals surface area contributed by atoms with Gasteiger partial charge in [-0.15, -0.1) is 0 Å². The van der Waals surface area contributed by atoms with Gasteiger partial charge in [0.1, 0.15) is 0 Å². The molecule has 0 aromatic heterocycles. The van der Waals surface area contributed by atoms with E-state index in [0.29, 0.717) is 0 Å². The molecule has 0 saturated heterocycles. The molecule has 0 amide bonds. The Morgan fingerprint density at radius 3 is 0.796 bits per heavy atom. The zero-order valence-electron chi connectivity index (χ0n) is 28.5. The van der Waals surface area contributed by atoms with Crippen molar-refractivity contribution in [3.05, 3.63) is 182 Å². The van der Waals surface area contributed by atoms with Crippen LogP contribution in [0.4, 0.5) is 0 Å². The Balaban J connectivity index is 1.43. The van der Waals surface area contributed by atoms with Gasteiger partial charge in [0.15, 0.2) is 0 Å². The molecule has 0 saturated carbocycles. The predicted octanol–water partition coefficient (Wildman–Crippen LogP) is 5.32. The zero-order valence-corrected chi connectivity index (χ0v) is 33.5. The molecule has 0 aliphatic rings. The molecule has 6 rings (SSSR count). The van der Waals surface area contributed by atoms with Crippen molar-refractivity contribution in [2.24, 2.45) is 0 Å². The fraction of sp³-hybridized carbons (Fsp3) is 0.100. The van der Waals surface area contributed by atoms with Crippen molar-refractivity contribution in [3.63, 3.8) is 0 Å². The minimum absolute atomic E-state index is 1.04. The van der Waals surface area contributed by atoms with Crippen LogP contribution in [0.25, 0.3) is 0 Å². The molecule has 0 fully saturated rings. The van der Waals surface area contributed by atoms with Crippen LogP contribution >= 0.6 is 0 Å². The molecule has 0 unspecified atom stereocenters.